The van der Waals surface area contributed by atoms with Gasteiger partial charge in [0.05, 0.1) is 22.9 Å². The molecule has 4 aromatic heterocycles. The first-order valence-corrected chi connectivity index (χ1v) is 21.6. The van der Waals surface area contributed by atoms with Crippen molar-refractivity contribution in [2.24, 2.45) is 0 Å². The van der Waals surface area contributed by atoms with Crippen LogP contribution in [0.3, 0.4) is 0 Å². The van der Waals surface area contributed by atoms with Crippen LogP contribution in [0.5, 0.6) is 0 Å². The lowest BCUT2D eigenvalue weighted by atomic mass is 9.98. The summed E-state index contributed by atoms with van der Waals surface area (Å²) in [4.78, 5) is 15.3. The number of rotatable bonds is 6. The zero-order valence-corrected chi connectivity index (χ0v) is 34.5. The molecule has 0 saturated heterocycles. The lowest BCUT2D eigenvalue weighted by Gasteiger charge is -2.13. The lowest BCUT2D eigenvalue weighted by Crippen LogP contribution is -2.02. The molecule has 0 saturated carbocycles. The molecule has 0 radical (unpaired) electrons. The van der Waals surface area contributed by atoms with E-state index in [1.165, 1.54) is 43.8 Å². The van der Waals surface area contributed by atoms with E-state index >= 15 is 0 Å². The first-order valence-electron chi connectivity index (χ1n) is 21.6. The number of benzene rings is 9. The maximum Gasteiger partial charge on any atom is 0.162 e. The zero-order chi connectivity index (χ0) is 42.1. The molecule has 0 unspecified atom stereocenters. The van der Waals surface area contributed by atoms with Crippen LogP contribution in [-0.4, -0.2) is 19.5 Å². The number of fused-ring (bicyclic) bond motifs is 9. The third-order valence-electron chi connectivity index (χ3n) is 12.7. The molecule has 0 amide bonds. The second-order valence-corrected chi connectivity index (χ2v) is 16.4. The van der Waals surface area contributed by atoms with E-state index in [1.54, 1.807) is 6.20 Å². The van der Waals surface area contributed by atoms with Crippen LogP contribution in [0.4, 0.5) is 0 Å². The predicted octanol–water partition coefficient (Wildman–Crippen LogP) is 15.5. The number of pyridine rings is 1. The van der Waals surface area contributed by atoms with E-state index < -0.39 is 0 Å². The quantitative estimate of drug-likeness (QED) is 0.168. The van der Waals surface area contributed by atoms with Crippen LogP contribution in [-0.2, 0) is 0 Å². The average molecular weight is 817 g/mol. The van der Waals surface area contributed by atoms with Gasteiger partial charge in [0, 0.05) is 44.9 Å². The Morgan fingerprint density at radius 2 is 1.00 bits per heavy atom. The molecule has 4 heterocycles. The van der Waals surface area contributed by atoms with Gasteiger partial charge < -0.3 is 4.42 Å². The minimum atomic E-state index is 0.614. The number of hydrogen-bond acceptors (Lipinski definition) is 4. The minimum absolute atomic E-state index is 0.614. The molecule has 0 spiro atoms. The van der Waals surface area contributed by atoms with Gasteiger partial charge in [-0.05, 0) is 97.4 Å². The molecule has 0 fully saturated rings. The Morgan fingerprint density at radius 3 is 1.81 bits per heavy atom. The van der Waals surface area contributed by atoms with Crippen LogP contribution in [0.15, 0.2) is 223 Å². The first kappa shape index (κ1) is 36.0. The summed E-state index contributed by atoms with van der Waals surface area (Å²) in [6.45, 7) is 0. The first-order chi connectivity index (χ1) is 31.7. The second-order valence-electron chi connectivity index (χ2n) is 16.4. The number of furan rings is 1. The van der Waals surface area contributed by atoms with Gasteiger partial charge in [-0.3, -0.25) is 9.55 Å². The molecular formula is C59H36N4O. The molecule has 13 rings (SSSR count). The van der Waals surface area contributed by atoms with Crippen molar-refractivity contribution in [1.82, 2.24) is 19.5 Å². The largest absolute Gasteiger partial charge is 0.454 e. The third-order valence-corrected chi connectivity index (χ3v) is 12.7. The Hall–Kier alpha value is -8.67. The van der Waals surface area contributed by atoms with E-state index in [4.69, 9.17) is 14.4 Å². The van der Waals surface area contributed by atoms with E-state index in [2.05, 4.69) is 198 Å². The molecule has 0 N–H and O–H groups in total. The van der Waals surface area contributed by atoms with Crippen molar-refractivity contribution in [3.8, 4) is 61.8 Å². The number of nitrogens with zero attached hydrogens (tertiary/aromatic N) is 4. The zero-order valence-electron chi connectivity index (χ0n) is 34.5. The highest BCUT2D eigenvalue weighted by atomic mass is 16.3. The van der Waals surface area contributed by atoms with Crippen molar-refractivity contribution >= 4 is 65.3 Å². The molecule has 0 aliphatic rings. The van der Waals surface area contributed by atoms with Crippen molar-refractivity contribution in [3.63, 3.8) is 0 Å². The van der Waals surface area contributed by atoms with Gasteiger partial charge >= 0.3 is 0 Å². The Labute approximate surface area is 368 Å². The molecule has 9 aromatic carbocycles. The lowest BCUT2D eigenvalue weighted by molar-refractivity contribution is 0.667. The Kier molecular flexibility index (Phi) is 8.15. The highest BCUT2D eigenvalue weighted by Crippen LogP contribution is 2.41. The molecule has 5 nitrogen and oxygen atoms in total. The second kappa shape index (κ2) is 14.5. The van der Waals surface area contributed by atoms with Crippen LogP contribution in [0.2, 0.25) is 0 Å². The smallest absolute Gasteiger partial charge is 0.162 e. The standard InChI is InChI=1S/C59H36N4O/c1-3-10-37(11-4-1)39-18-20-40(21-19-39)45-27-28-52-50(34-45)57-47-15-8-7-14-41(47)26-29-53(57)63(52)56-35-51(46-25-24-43-32-42(22-23-44(43)33-46)38-12-5-2-6-13-38)61-59(62-56)49-16-9-17-54-58(49)48-30-31-60-36-55(48)64-54/h1-36H. The summed E-state index contributed by atoms with van der Waals surface area (Å²) in [6, 6.07) is 73.5. The van der Waals surface area contributed by atoms with Crippen molar-refractivity contribution in [3.05, 3.63) is 219 Å². The maximum absolute atomic E-state index is 6.33. The summed E-state index contributed by atoms with van der Waals surface area (Å²) in [5.74, 6) is 1.39. The van der Waals surface area contributed by atoms with Gasteiger partial charge in [0.1, 0.15) is 11.4 Å². The van der Waals surface area contributed by atoms with Crippen LogP contribution in [0.1, 0.15) is 0 Å². The van der Waals surface area contributed by atoms with Gasteiger partial charge in [-0.25, -0.2) is 9.97 Å². The monoisotopic (exact) mass is 816 g/mol. The number of aromatic nitrogens is 4. The highest BCUT2D eigenvalue weighted by Gasteiger charge is 2.21. The predicted molar refractivity (Wildman–Crippen MR) is 264 cm³/mol. The van der Waals surface area contributed by atoms with Crippen LogP contribution < -0.4 is 0 Å². The van der Waals surface area contributed by atoms with Crippen LogP contribution >= 0.6 is 0 Å². The fraction of sp³-hybridized carbons (Fsp3) is 0. The highest BCUT2D eigenvalue weighted by molar-refractivity contribution is 6.22. The summed E-state index contributed by atoms with van der Waals surface area (Å²) in [6.07, 6.45) is 3.58. The van der Waals surface area contributed by atoms with Crippen LogP contribution in [0.25, 0.3) is 127 Å². The molecule has 298 valence electrons. The topological polar surface area (TPSA) is 56.7 Å². The van der Waals surface area contributed by atoms with Gasteiger partial charge in [0.15, 0.2) is 11.4 Å². The Balaban J connectivity index is 1.04. The SMILES string of the molecule is c1ccc(-c2ccc(-c3ccc4c(c3)c3c5ccccc5ccc3n4-c3cc(-c4ccc5cc(-c6ccccc6)ccc5c4)nc(-c4cccc5oc6cnccc6c45)n3)cc2)cc1. The van der Waals surface area contributed by atoms with E-state index in [9.17, 15) is 0 Å². The molecule has 64 heavy (non-hydrogen) atoms. The van der Waals surface area contributed by atoms with Crippen LogP contribution in [0, 0.1) is 0 Å². The van der Waals surface area contributed by atoms with E-state index in [-0.39, 0.29) is 0 Å². The average Bonchev–Trinajstić information content (AvgIpc) is 3.92. The molecule has 0 aliphatic heterocycles. The van der Waals surface area contributed by atoms with E-state index in [0.717, 1.165) is 77.5 Å². The minimum Gasteiger partial charge on any atom is -0.454 e. The molecule has 0 aliphatic carbocycles. The summed E-state index contributed by atoms with van der Waals surface area (Å²) < 4.78 is 8.65. The summed E-state index contributed by atoms with van der Waals surface area (Å²) in [5.41, 5.74) is 13.5. The van der Waals surface area contributed by atoms with Gasteiger partial charge in [-0.15, -0.1) is 0 Å². The number of hydrogen-bond donors (Lipinski definition) is 0. The van der Waals surface area contributed by atoms with Crippen molar-refractivity contribution in [2.75, 3.05) is 0 Å². The maximum atomic E-state index is 6.33. The summed E-state index contributed by atoms with van der Waals surface area (Å²) >= 11 is 0. The molecular weight excluding hydrogens is 781 g/mol. The van der Waals surface area contributed by atoms with Gasteiger partial charge in [-0.1, -0.05) is 158 Å². The van der Waals surface area contributed by atoms with Gasteiger partial charge in [0.2, 0.25) is 0 Å². The van der Waals surface area contributed by atoms with E-state index in [0.29, 0.717) is 5.82 Å². The summed E-state index contributed by atoms with van der Waals surface area (Å²) in [5, 5.41) is 8.98. The third kappa shape index (κ3) is 5.90. The molecule has 0 atom stereocenters. The van der Waals surface area contributed by atoms with Crippen molar-refractivity contribution < 1.29 is 4.42 Å². The normalized spacial score (nSPS) is 11.8. The molecule has 13 aromatic rings. The van der Waals surface area contributed by atoms with E-state index in [1.807, 2.05) is 24.4 Å². The molecule has 5 heteroatoms. The fourth-order valence-electron chi connectivity index (χ4n) is 9.60. The molecule has 0 bridgehead atoms. The van der Waals surface area contributed by atoms with Crippen molar-refractivity contribution in [1.29, 1.82) is 0 Å². The Morgan fingerprint density at radius 1 is 0.375 bits per heavy atom. The fourth-order valence-corrected chi connectivity index (χ4v) is 9.60. The van der Waals surface area contributed by atoms with Gasteiger partial charge in [0.25, 0.3) is 0 Å². The van der Waals surface area contributed by atoms with Gasteiger partial charge in [-0.2, -0.15) is 0 Å². The van der Waals surface area contributed by atoms with Crippen molar-refractivity contribution in [2.45, 2.75) is 0 Å². The summed E-state index contributed by atoms with van der Waals surface area (Å²) in [7, 11) is 0. The Bertz CT molecular complexity index is 3940.